The Labute approximate surface area is 156 Å². The fourth-order valence-electron chi connectivity index (χ4n) is 2.33. The quantitative estimate of drug-likeness (QED) is 0.469. The number of carbonyl (C=O) groups excluding carboxylic acids is 1. The van der Waals surface area contributed by atoms with Gasteiger partial charge in [0.15, 0.2) is 0 Å². The van der Waals surface area contributed by atoms with Crippen LogP contribution in [0, 0.1) is 6.92 Å². The average Bonchev–Trinajstić information content (AvgIpc) is 3.12. The molecule has 7 heteroatoms. The Morgan fingerprint density at radius 1 is 1.11 bits per heavy atom. The highest BCUT2D eigenvalue weighted by Crippen LogP contribution is 2.23. The Balaban J connectivity index is 1.87. The molecule has 0 aliphatic carbocycles. The predicted octanol–water partition coefficient (Wildman–Crippen LogP) is 3.35. The van der Waals surface area contributed by atoms with E-state index < -0.39 is 5.97 Å². The van der Waals surface area contributed by atoms with Gasteiger partial charge in [-0.2, -0.15) is 0 Å². The topological polar surface area (TPSA) is 87.3 Å². The number of hydrogen-bond acceptors (Lipinski definition) is 7. The number of aryl methyl sites for hydroxylation is 1. The van der Waals surface area contributed by atoms with E-state index in [0.29, 0.717) is 29.6 Å². The molecule has 0 aliphatic heterocycles. The minimum atomic E-state index is -0.513. The number of nitrogens with zero attached hydrogens (tertiary/aromatic N) is 3. The van der Waals surface area contributed by atoms with E-state index in [1.807, 2.05) is 30.3 Å². The van der Waals surface area contributed by atoms with Crippen LogP contribution in [0.1, 0.15) is 30.0 Å². The minimum Gasteiger partial charge on any atom is -0.473 e. The van der Waals surface area contributed by atoms with Crippen molar-refractivity contribution in [2.45, 2.75) is 20.5 Å². The molecule has 0 aliphatic rings. The molecule has 0 saturated heterocycles. The molecular weight excluding hydrogens is 346 g/mol. The van der Waals surface area contributed by atoms with Crippen LogP contribution in [-0.2, 0) is 16.1 Å². The average molecular weight is 365 g/mol. The van der Waals surface area contributed by atoms with E-state index in [2.05, 4.69) is 15.2 Å². The van der Waals surface area contributed by atoms with Crippen molar-refractivity contribution in [2.75, 3.05) is 6.61 Å². The predicted molar refractivity (Wildman–Crippen MR) is 97.8 cm³/mol. The van der Waals surface area contributed by atoms with Gasteiger partial charge in [-0.1, -0.05) is 36.4 Å². The third kappa shape index (κ3) is 5.01. The van der Waals surface area contributed by atoms with Crippen molar-refractivity contribution in [3.05, 3.63) is 77.6 Å². The van der Waals surface area contributed by atoms with E-state index in [4.69, 9.17) is 13.9 Å². The van der Waals surface area contributed by atoms with Gasteiger partial charge < -0.3 is 13.9 Å². The van der Waals surface area contributed by atoms with Gasteiger partial charge in [0.05, 0.1) is 17.9 Å². The molecule has 0 atom stereocenters. The van der Waals surface area contributed by atoms with Gasteiger partial charge in [0.1, 0.15) is 6.61 Å². The van der Waals surface area contributed by atoms with Gasteiger partial charge in [0, 0.05) is 19.1 Å². The monoisotopic (exact) mass is 365 g/mol. The van der Waals surface area contributed by atoms with Crippen LogP contribution in [-0.4, -0.2) is 27.8 Å². The second-order valence-electron chi connectivity index (χ2n) is 5.57. The van der Waals surface area contributed by atoms with Crippen molar-refractivity contribution in [3.8, 4) is 5.88 Å². The molecule has 0 N–H and O–H groups in total. The molecule has 0 amide bonds. The van der Waals surface area contributed by atoms with E-state index in [-0.39, 0.29) is 12.5 Å². The van der Waals surface area contributed by atoms with Gasteiger partial charge in [0.25, 0.3) is 0 Å². The number of hydrogen-bond donors (Lipinski definition) is 0. The molecule has 2 heterocycles. The second-order valence-corrected chi connectivity index (χ2v) is 5.57. The lowest BCUT2D eigenvalue weighted by atomic mass is 10.1. The zero-order valence-electron chi connectivity index (χ0n) is 15.1. The highest BCUT2D eigenvalue weighted by atomic mass is 16.5. The number of ether oxygens (including phenoxy) is 2. The largest absolute Gasteiger partial charge is 0.473 e. The first kappa shape index (κ1) is 18.3. The van der Waals surface area contributed by atoms with Gasteiger partial charge >= 0.3 is 5.97 Å². The summed E-state index contributed by atoms with van der Waals surface area (Å²) in [6.45, 7) is 4.05. The third-order valence-corrected chi connectivity index (χ3v) is 3.53. The highest BCUT2D eigenvalue weighted by Gasteiger charge is 2.16. The fraction of sp³-hybridized carbons (Fsp3) is 0.200. The Bertz CT molecular complexity index is 935. The standard InChI is InChI=1S/C20H19N3O4/c1-3-25-19(24)12-16(20-23-22-14(2)27-20)17-10-7-11-18(21-17)26-13-15-8-5-4-6-9-15/h4-12H,3,13H2,1-2H3. The van der Waals surface area contributed by atoms with Crippen LogP contribution in [0.15, 0.2) is 59.0 Å². The number of carbonyl (C=O) groups is 1. The maximum atomic E-state index is 12.0. The molecule has 7 nitrogen and oxygen atoms in total. The van der Waals surface area contributed by atoms with Crippen LogP contribution < -0.4 is 4.74 Å². The van der Waals surface area contributed by atoms with Crippen molar-refractivity contribution >= 4 is 11.5 Å². The number of benzene rings is 1. The van der Waals surface area contributed by atoms with Crippen LogP contribution in [0.3, 0.4) is 0 Å². The molecule has 0 fully saturated rings. The number of esters is 1. The smallest absolute Gasteiger partial charge is 0.331 e. The summed E-state index contributed by atoms with van der Waals surface area (Å²) in [5.41, 5.74) is 1.87. The van der Waals surface area contributed by atoms with Gasteiger partial charge in [-0.15, -0.1) is 10.2 Å². The molecule has 3 aromatic rings. The zero-order valence-corrected chi connectivity index (χ0v) is 15.1. The van der Waals surface area contributed by atoms with E-state index >= 15 is 0 Å². The molecule has 3 rings (SSSR count). The lowest BCUT2D eigenvalue weighted by Gasteiger charge is -2.08. The normalized spacial score (nSPS) is 11.3. The van der Waals surface area contributed by atoms with Crippen LogP contribution in [0.4, 0.5) is 0 Å². The van der Waals surface area contributed by atoms with Gasteiger partial charge in [-0.3, -0.25) is 0 Å². The maximum Gasteiger partial charge on any atom is 0.331 e. The van der Waals surface area contributed by atoms with Gasteiger partial charge in [0.2, 0.25) is 17.7 Å². The summed E-state index contributed by atoms with van der Waals surface area (Å²) in [6, 6.07) is 15.0. The zero-order chi connectivity index (χ0) is 19.1. The first-order chi connectivity index (χ1) is 13.2. The molecule has 138 valence electrons. The van der Waals surface area contributed by atoms with Crippen molar-refractivity contribution < 1.29 is 18.7 Å². The summed E-state index contributed by atoms with van der Waals surface area (Å²) in [7, 11) is 0. The van der Waals surface area contributed by atoms with E-state index in [9.17, 15) is 4.79 Å². The summed E-state index contributed by atoms with van der Waals surface area (Å²) in [5, 5.41) is 7.80. The van der Waals surface area contributed by atoms with Crippen LogP contribution >= 0.6 is 0 Å². The molecule has 0 bridgehead atoms. The molecular formula is C20H19N3O4. The first-order valence-electron chi connectivity index (χ1n) is 8.49. The summed E-state index contributed by atoms with van der Waals surface area (Å²) < 4.78 is 16.2. The van der Waals surface area contributed by atoms with Crippen molar-refractivity contribution in [1.29, 1.82) is 0 Å². The van der Waals surface area contributed by atoms with E-state index in [1.54, 1.807) is 32.0 Å². The van der Waals surface area contributed by atoms with Crippen molar-refractivity contribution in [2.24, 2.45) is 0 Å². The van der Waals surface area contributed by atoms with Crippen LogP contribution in [0.2, 0.25) is 0 Å². The van der Waals surface area contributed by atoms with E-state index in [1.165, 1.54) is 6.08 Å². The fourth-order valence-corrected chi connectivity index (χ4v) is 2.33. The molecule has 0 radical (unpaired) electrons. The Morgan fingerprint density at radius 3 is 2.63 bits per heavy atom. The maximum absolute atomic E-state index is 12.0. The van der Waals surface area contributed by atoms with Crippen LogP contribution in [0.25, 0.3) is 5.57 Å². The van der Waals surface area contributed by atoms with Crippen LogP contribution in [0.5, 0.6) is 5.88 Å². The highest BCUT2D eigenvalue weighted by molar-refractivity contribution is 5.94. The number of pyridine rings is 1. The summed E-state index contributed by atoms with van der Waals surface area (Å²) in [6.07, 6.45) is 1.29. The van der Waals surface area contributed by atoms with E-state index in [0.717, 1.165) is 5.56 Å². The van der Waals surface area contributed by atoms with Crippen molar-refractivity contribution in [1.82, 2.24) is 15.2 Å². The van der Waals surface area contributed by atoms with Gasteiger partial charge in [-0.25, -0.2) is 9.78 Å². The molecule has 0 unspecified atom stereocenters. The summed E-state index contributed by atoms with van der Waals surface area (Å²) in [4.78, 5) is 16.4. The van der Waals surface area contributed by atoms with Crippen molar-refractivity contribution in [3.63, 3.8) is 0 Å². The Kier molecular flexibility index (Phi) is 5.94. The minimum absolute atomic E-state index is 0.188. The summed E-state index contributed by atoms with van der Waals surface area (Å²) >= 11 is 0. The lowest BCUT2D eigenvalue weighted by molar-refractivity contribution is -0.137. The van der Waals surface area contributed by atoms with Gasteiger partial charge in [-0.05, 0) is 18.6 Å². The summed E-state index contributed by atoms with van der Waals surface area (Å²) in [5.74, 6) is 0.479. The molecule has 27 heavy (non-hydrogen) atoms. The molecule has 2 aromatic heterocycles. The second kappa shape index (κ2) is 8.75. The SMILES string of the molecule is CCOC(=O)C=C(c1cccc(OCc2ccccc2)n1)c1nnc(C)o1. The number of rotatable bonds is 7. The molecule has 1 aromatic carbocycles. The Morgan fingerprint density at radius 2 is 1.93 bits per heavy atom. The Hall–Kier alpha value is -3.48. The molecule has 0 saturated carbocycles. The first-order valence-corrected chi connectivity index (χ1v) is 8.49. The third-order valence-electron chi connectivity index (χ3n) is 3.53. The lowest BCUT2D eigenvalue weighted by Crippen LogP contribution is -2.04. The number of aromatic nitrogens is 3. The molecule has 0 spiro atoms.